The van der Waals surface area contributed by atoms with Gasteiger partial charge in [-0.1, -0.05) is 18.2 Å². The van der Waals surface area contributed by atoms with Gasteiger partial charge in [-0.25, -0.2) is 0 Å². The minimum Gasteiger partial charge on any atom is -0.454 e. The zero-order valence-electron chi connectivity index (χ0n) is 12.5. The Balaban J connectivity index is 1.78. The maximum Gasteiger partial charge on any atom is 0.153 e. The van der Waals surface area contributed by atoms with Gasteiger partial charge in [-0.05, 0) is 55.6 Å². The SMILES string of the molecule is c1ccc2c(c1)Oc1cccnc1/C2=C1\CN2CCC1CC2. The molecule has 5 heterocycles. The van der Waals surface area contributed by atoms with Gasteiger partial charge in [0.05, 0.1) is 0 Å². The molecule has 22 heavy (non-hydrogen) atoms. The van der Waals surface area contributed by atoms with Crippen LogP contribution in [0.2, 0.25) is 0 Å². The summed E-state index contributed by atoms with van der Waals surface area (Å²) in [4.78, 5) is 7.23. The summed E-state index contributed by atoms with van der Waals surface area (Å²) in [5, 5.41) is 0. The Morgan fingerprint density at radius 1 is 1.00 bits per heavy atom. The van der Waals surface area contributed by atoms with E-state index in [-0.39, 0.29) is 0 Å². The molecule has 0 amide bonds. The van der Waals surface area contributed by atoms with Gasteiger partial charge in [-0.15, -0.1) is 0 Å². The highest BCUT2D eigenvalue weighted by Crippen LogP contribution is 2.47. The summed E-state index contributed by atoms with van der Waals surface area (Å²) in [5.41, 5.74) is 5.11. The molecule has 0 aliphatic carbocycles. The summed E-state index contributed by atoms with van der Waals surface area (Å²) in [5.74, 6) is 2.56. The second-order valence-electron chi connectivity index (χ2n) is 6.40. The van der Waals surface area contributed by atoms with E-state index in [4.69, 9.17) is 4.74 Å². The summed E-state index contributed by atoms with van der Waals surface area (Å²) >= 11 is 0. The lowest BCUT2D eigenvalue weighted by atomic mass is 9.78. The predicted molar refractivity (Wildman–Crippen MR) is 85.9 cm³/mol. The number of pyridine rings is 1. The number of hydrogen-bond donors (Lipinski definition) is 0. The number of ether oxygens (including phenoxy) is 1. The Kier molecular flexibility index (Phi) is 2.64. The molecule has 0 saturated carbocycles. The average Bonchev–Trinajstić information content (AvgIpc) is 2.60. The van der Waals surface area contributed by atoms with Crippen LogP contribution in [0.5, 0.6) is 11.5 Å². The second kappa shape index (κ2) is 4.68. The van der Waals surface area contributed by atoms with Crippen LogP contribution < -0.4 is 4.74 Å². The molecule has 0 radical (unpaired) electrons. The molecule has 3 saturated heterocycles. The average molecular weight is 290 g/mol. The molecular formula is C19H18N2O. The van der Waals surface area contributed by atoms with E-state index in [0.717, 1.165) is 23.7 Å². The van der Waals surface area contributed by atoms with Gasteiger partial charge in [0.15, 0.2) is 5.75 Å². The third-order valence-electron chi connectivity index (χ3n) is 5.18. The number of piperidine rings is 3. The Hall–Kier alpha value is -2.13. The number of rotatable bonds is 0. The highest BCUT2D eigenvalue weighted by atomic mass is 16.5. The predicted octanol–water partition coefficient (Wildman–Crippen LogP) is 3.71. The van der Waals surface area contributed by atoms with Gasteiger partial charge in [0, 0.05) is 23.9 Å². The highest BCUT2D eigenvalue weighted by Gasteiger charge is 2.35. The normalized spacial score (nSPS) is 28.7. The minimum absolute atomic E-state index is 0.709. The van der Waals surface area contributed by atoms with Gasteiger partial charge in [0.25, 0.3) is 0 Å². The molecule has 0 unspecified atom stereocenters. The molecule has 4 aliphatic rings. The quantitative estimate of drug-likeness (QED) is 0.631. The van der Waals surface area contributed by atoms with E-state index < -0.39 is 0 Å². The van der Waals surface area contributed by atoms with E-state index in [0.29, 0.717) is 5.92 Å². The van der Waals surface area contributed by atoms with Crippen LogP contribution >= 0.6 is 0 Å². The second-order valence-corrected chi connectivity index (χ2v) is 6.40. The van der Waals surface area contributed by atoms with Crippen molar-refractivity contribution in [2.24, 2.45) is 5.92 Å². The molecule has 1 aromatic heterocycles. The fourth-order valence-electron chi connectivity index (χ4n) is 4.09. The molecule has 2 aromatic rings. The molecule has 0 atom stereocenters. The number of aromatic nitrogens is 1. The third-order valence-corrected chi connectivity index (χ3v) is 5.18. The smallest absolute Gasteiger partial charge is 0.153 e. The first-order chi connectivity index (χ1) is 10.9. The van der Waals surface area contributed by atoms with Crippen LogP contribution in [-0.2, 0) is 0 Å². The fraction of sp³-hybridized carbons (Fsp3) is 0.316. The molecular weight excluding hydrogens is 272 g/mol. The standard InChI is InChI=1S/C19H18N2O/c1-2-5-16-14(4-1)18(19-17(22-16)6-3-9-20-19)15-12-21-10-7-13(15)8-11-21/h1-6,9,13H,7-8,10-12H2/b18-15+. The van der Waals surface area contributed by atoms with Gasteiger partial charge < -0.3 is 4.74 Å². The van der Waals surface area contributed by atoms with E-state index >= 15 is 0 Å². The topological polar surface area (TPSA) is 25.4 Å². The highest BCUT2D eigenvalue weighted by molar-refractivity contribution is 5.88. The molecule has 3 nitrogen and oxygen atoms in total. The van der Waals surface area contributed by atoms with Gasteiger partial charge >= 0.3 is 0 Å². The van der Waals surface area contributed by atoms with Crippen LogP contribution in [0.15, 0.2) is 48.2 Å². The van der Waals surface area contributed by atoms with E-state index in [1.54, 1.807) is 5.57 Å². The summed E-state index contributed by atoms with van der Waals surface area (Å²) < 4.78 is 6.07. The Morgan fingerprint density at radius 2 is 1.82 bits per heavy atom. The summed E-state index contributed by atoms with van der Waals surface area (Å²) in [6.45, 7) is 3.58. The van der Waals surface area contributed by atoms with Gasteiger partial charge in [-0.3, -0.25) is 9.88 Å². The number of para-hydroxylation sites is 1. The molecule has 0 N–H and O–H groups in total. The van der Waals surface area contributed by atoms with Crippen molar-refractivity contribution in [1.29, 1.82) is 0 Å². The van der Waals surface area contributed by atoms with Crippen LogP contribution in [0.25, 0.3) is 5.57 Å². The molecule has 3 fully saturated rings. The van der Waals surface area contributed by atoms with Crippen LogP contribution in [-0.4, -0.2) is 29.5 Å². The summed E-state index contributed by atoms with van der Waals surface area (Å²) in [7, 11) is 0. The van der Waals surface area contributed by atoms with Gasteiger partial charge in [-0.2, -0.15) is 0 Å². The summed E-state index contributed by atoms with van der Waals surface area (Å²) in [6, 6.07) is 12.4. The Bertz CT molecular complexity index is 725. The lowest BCUT2D eigenvalue weighted by Crippen LogP contribution is -2.43. The Labute approximate surface area is 130 Å². The molecule has 110 valence electrons. The number of benzene rings is 1. The van der Waals surface area contributed by atoms with E-state index in [2.05, 4.69) is 28.1 Å². The van der Waals surface area contributed by atoms with Crippen molar-refractivity contribution < 1.29 is 4.74 Å². The zero-order valence-corrected chi connectivity index (χ0v) is 12.5. The zero-order chi connectivity index (χ0) is 14.5. The van der Waals surface area contributed by atoms with Crippen LogP contribution in [0.4, 0.5) is 0 Å². The fourth-order valence-corrected chi connectivity index (χ4v) is 4.09. The summed E-state index contributed by atoms with van der Waals surface area (Å²) in [6.07, 6.45) is 4.44. The van der Waals surface area contributed by atoms with Crippen molar-refractivity contribution in [1.82, 2.24) is 9.88 Å². The van der Waals surface area contributed by atoms with Crippen molar-refractivity contribution in [2.45, 2.75) is 12.8 Å². The lowest BCUT2D eigenvalue weighted by molar-refractivity contribution is 0.162. The van der Waals surface area contributed by atoms with Crippen molar-refractivity contribution in [2.75, 3.05) is 19.6 Å². The van der Waals surface area contributed by atoms with Crippen molar-refractivity contribution in [3.05, 3.63) is 59.4 Å². The van der Waals surface area contributed by atoms with Gasteiger partial charge in [0.1, 0.15) is 11.4 Å². The molecule has 4 aliphatic heterocycles. The van der Waals surface area contributed by atoms with Crippen molar-refractivity contribution in [3.8, 4) is 11.5 Å². The first-order valence-corrected chi connectivity index (χ1v) is 8.08. The minimum atomic E-state index is 0.709. The molecule has 0 spiro atoms. The maximum absolute atomic E-state index is 6.07. The number of fused-ring (bicyclic) bond motifs is 5. The van der Waals surface area contributed by atoms with Crippen LogP contribution in [0.1, 0.15) is 24.1 Å². The molecule has 2 bridgehead atoms. The van der Waals surface area contributed by atoms with E-state index in [1.807, 2.05) is 24.4 Å². The molecule has 1 aromatic carbocycles. The maximum atomic E-state index is 6.07. The number of nitrogens with zero attached hydrogens (tertiary/aromatic N) is 2. The molecule has 6 rings (SSSR count). The van der Waals surface area contributed by atoms with Crippen LogP contribution in [0, 0.1) is 5.92 Å². The first kappa shape index (κ1) is 12.4. The number of hydrogen-bond acceptors (Lipinski definition) is 3. The van der Waals surface area contributed by atoms with E-state index in [1.165, 1.54) is 37.1 Å². The van der Waals surface area contributed by atoms with E-state index in [9.17, 15) is 0 Å². The first-order valence-electron chi connectivity index (χ1n) is 8.08. The van der Waals surface area contributed by atoms with Crippen molar-refractivity contribution >= 4 is 5.57 Å². The third kappa shape index (κ3) is 1.75. The Morgan fingerprint density at radius 3 is 2.64 bits per heavy atom. The largest absolute Gasteiger partial charge is 0.454 e. The van der Waals surface area contributed by atoms with Crippen molar-refractivity contribution in [3.63, 3.8) is 0 Å². The monoisotopic (exact) mass is 290 g/mol. The molecule has 3 heteroatoms. The van der Waals surface area contributed by atoms with Crippen LogP contribution in [0.3, 0.4) is 0 Å². The van der Waals surface area contributed by atoms with Gasteiger partial charge in [0.2, 0.25) is 0 Å². The lowest BCUT2D eigenvalue weighted by Gasteiger charge is -2.42.